The number of carbonyl (C=O) groups excluding carboxylic acids is 2. The zero-order valence-corrected chi connectivity index (χ0v) is 19.8. The first-order valence-electron chi connectivity index (χ1n) is 9.54. The normalized spacial score (nSPS) is 11.5. The number of aromatic nitrogens is 2. The molecular formula is C20H26ClN5O4S. The molecule has 0 saturated carbocycles. The van der Waals surface area contributed by atoms with E-state index in [9.17, 15) is 18.0 Å². The predicted octanol–water partition coefficient (Wildman–Crippen LogP) is 3.59. The maximum absolute atomic E-state index is 12.7. The van der Waals surface area contributed by atoms with Crippen LogP contribution in [0.4, 0.5) is 10.5 Å². The number of nitrogens with zero attached hydrogens (tertiary/aromatic N) is 3. The van der Waals surface area contributed by atoms with E-state index in [0.29, 0.717) is 10.7 Å². The number of hydrogen-bond donors (Lipinski definition) is 2. The van der Waals surface area contributed by atoms with Crippen molar-refractivity contribution < 1.29 is 18.0 Å². The highest BCUT2D eigenvalue weighted by molar-refractivity contribution is 7.90. The van der Waals surface area contributed by atoms with Crippen LogP contribution in [0.1, 0.15) is 61.1 Å². The SMILES string of the molecule is CC(C)c1cc(Cl)cc(C(C)C)c1NC(=O)NS(=O)(=O)c1cc(C(=O)N(C)C)ncn1. The van der Waals surface area contributed by atoms with E-state index in [1.165, 1.54) is 19.0 Å². The van der Waals surface area contributed by atoms with Gasteiger partial charge in [-0.05, 0) is 35.1 Å². The first-order chi connectivity index (χ1) is 14.3. The summed E-state index contributed by atoms with van der Waals surface area (Å²) in [6.45, 7) is 7.78. The predicted molar refractivity (Wildman–Crippen MR) is 119 cm³/mol. The lowest BCUT2D eigenvalue weighted by atomic mass is 9.92. The van der Waals surface area contributed by atoms with E-state index in [-0.39, 0.29) is 17.5 Å². The molecule has 2 aromatic rings. The van der Waals surface area contributed by atoms with Gasteiger partial charge in [-0.15, -0.1) is 0 Å². The van der Waals surface area contributed by atoms with Crippen LogP contribution in [-0.4, -0.2) is 49.3 Å². The fraction of sp³-hybridized carbons (Fsp3) is 0.400. The summed E-state index contributed by atoms with van der Waals surface area (Å²) in [5, 5.41) is 2.68. The summed E-state index contributed by atoms with van der Waals surface area (Å²) >= 11 is 6.23. The van der Waals surface area contributed by atoms with Crippen molar-refractivity contribution in [3.63, 3.8) is 0 Å². The second kappa shape index (κ2) is 9.61. The van der Waals surface area contributed by atoms with Gasteiger partial charge in [-0.25, -0.2) is 19.5 Å². The maximum atomic E-state index is 12.7. The largest absolute Gasteiger partial charge is 0.343 e. The van der Waals surface area contributed by atoms with Crippen molar-refractivity contribution >= 4 is 39.2 Å². The van der Waals surface area contributed by atoms with E-state index >= 15 is 0 Å². The van der Waals surface area contributed by atoms with Crippen LogP contribution < -0.4 is 10.0 Å². The third-order valence-corrected chi connectivity index (χ3v) is 5.86. The fourth-order valence-electron chi connectivity index (χ4n) is 2.85. The molecule has 2 N–H and O–H groups in total. The van der Waals surface area contributed by atoms with Gasteiger partial charge >= 0.3 is 6.03 Å². The summed E-state index contributed by atoms with van der Waals surface area (Å²) in [6, 6.07) is 3.54. The zero-order valence-electron chi connectivity index (χ0n) is 18.2. The van der Waals surface area contributed by atoms with Crippen molar-refractivity contribution in [2.75, 3.05) is 19.4 Å². The van der Waals surface area contributed by atoms with Crippen LogP contribution in [0, 0.1) is 0 Å². The average Bonchev–Trinajstić information content (AvgIpc) is 2.67. The van der Waals surface area contributed by atoms with Crippen LogP contribution in [0.3, 0.4) is 0 Å². The third-order valence-electron chi connectivity index (χ3n) is 4.42. The average molecular weight is 468 g/mol. The van der Waals surface area contributed by atoms with E-state index in [1.54, 1.807) is 12.1 Å². The summed E-state index contributed by atoms with van der Waals surface area (Å²) in [6.07, 6.45) is 0.954. The summed E-state index contributed by atoms with van der Waals surface area (Å²) in [4.78, 5) is 33.4. The quantitative estimate of drug-likeness (QED) is 0.626. The zero-order chi connectivity index (χ0) is 23.5. The van der Waals surface area contributed by atoms with Gasteiger partial charge in [0.05, 0.1) is 0 Å². The van der Waals surface area contributed by atoms with Gasteiger partial charge in [0.25, 0.3) is 15.9 Å². The van der Waals surface area contributed by atoms with Crippen LogP contribution >= 0.6 is 11.6 Å². The lowest BCUT2D eigenvalue weighted by Crippen LogP contribution is -2.35. The van der Waals surface area contributed by atoms with Crippen LogP contribution in [-0.2, 0) is 10.0 Å². The molecule has 0 bridgehead atoms. The van der Waals surface area contributed by atoms with E-state index in [0.717, 1.165) is 23.5 Å². The van der Waals surface area contributed by atoms with Gasteiger partial charge in [0.2, 0.25) is 0 Å². The first kappa shape index (κ1) is 24.5. The maximum Gasteiger partial charge on any atom is 0.333 e. The minimum atomic E-state index is -4.35. The topological polar surface area (TPSA) is 121 Å². The van der Waals surface area contributed by atoms with Crippen molar-refractivity contribution in [3.05, 3.63) is 46.4 Å². The van der Waals surface area contributed by atoms with Gasteiger partial charge in [0.1, 0.15) is 12.0 Å². The van der Waals surface area contributed by atoms with Gasteiger partial charge in [-0.3, -0.25) is 4.79 Å². The lowest BCUT2D eigenvalue weighted by Gasteiger charge is -2.21. The number of nitrogens with one attached hydrogen (secondary N) is 2. The molecule has 0 unspecified atom stereocenters. The Balaban J connectivity index is 2.35. The Morgan fingerprint density at radius 3 is 2.03 bits per heavy atom. The second-order valence-electron chi connectivity index (χ2n) is 7.77. The molecule has 2 rings (SSSR count). The monoisotopic (exact) mass is 467 g/mol. The molecule has 0 spiro atoms. The summed E-state index contributed by atoms with van der Waals surface area (Å²) in [7, 11) is -1.33. The van der Waals surface area contributed by atoms with Crippen molar-refractivity contribution in [2.24, 2.45) is 0 Å². The smallest absolute Gasteiger partial charge is 0.333 e. The highest BCUT2D eigenvalue weighted by atomic mass is 35.5. The Morgan fingerprint density at radius 2 is 1.55 bits per heavy atom. The molecule has 1 aromatic carbocycles. The molecule has 0 atom stereocenters. The molecule has 0 fully saturated rings. The number of halogens is 1. The summed E-state index contributed by atoms with van der Waals surface area (Å²) < 4.78 is 27.3. The molecule has 11 heteroatoms. The van der Waals surface area contributed by atoms with Crippen molar-refractivity contribution in [2.45, 2.75) is 44.6 Å². The lowest BCUT2D eigenvalue weighted by molar-refractivity contribution is 0.0821. The van der Waals surface area contributed by atoms with Gasteiger partial charge in [0, 0.05) is 30.9 Å². The summed E-state index contributed by atoms with van der Waals surface area (Å²) in [5.41, 5.74) is 1.96. The third kappa shape index (κ3) is 5.92. The Hall–Kier alpha value is -2.72. The van der Waals surface area contributed by atoms with E-state index in [4.69, 9.17) is 11.6 Å². The molecule has 168 valence electrons. The number of anilines is 1. The number of rotatable bonds is 6. The molecule has 0 aliphatic carbocycles. The number of carbonyl (C=O) groups is 2. The number of hydrogen-bond acceptors (Lipinski definition) is 6. The van der Waals surface area contributed by atoms with Crippen molar-refractivity contribution in [1.82, 2.24) is 19.6 Å². The molecule has 3 amide bonds. The molecule has 0 radical (unpaired) electrons. The standard InChI is InChI=1S/C20H26ClN5O4S/c1-11(2)14-7-13(21)8-15(12(3)4)18(14)24-20(28)25-31(29,30)17-9-16(22-10-23-17)19(27)26(5)6/h7-12H,1-6H3,(H2,24,25,28). The minimum absolute atomic E-state index is 0.0320. The number of urea groups is 1. The molecular weight excluding hydrogens is 442 g/mol. The van der Waals surface area contributed by atoms with Crippen molar-refractivity contribution in [1.29, 1.82) is 0 Å². The van der Waals surface area contributed by atoms with E-state index < -0.39 is 27.0 Å². The summed E-state index contributed by atoms with van der Waals surface area (Å²) in [5.74, 6) is -0.429. The highest BCUT2D eigenvalue weighted by Gasteiger charge is 2.24. The molecule has 1 heterocycles. The minimum Gasteiger partial charge on any atom is -0.343 e. The Kier molecular flexibility index (Phi) is 7.61. The van der Waals surface area contributed by atoms with Gasteiger partial charge < -0.3 is 10.2 Å². The molecule has 0 aliphatic rings. The molecule has 1 aromatic heterocycles. The fourth-order valence-corrected chi connectivity index (χ4v) is 3.94. The van der Waals surface area contributed by atoms with Crippen LogP contribution in [0.5, 0.6) is 0 Å². The number of amides is 3. The Morgan fingerprint density at radius 1 is 1.00 bits per heavy atom. The number of sulfonamides is 1. The van der Waals surface area contributed by atoms with E-state index in [2.05, 4.69) is 15.3 Å². The molecule has 0 saturated heterocycles. The molecule has 9 nitrogen and oxygen atoms in total. The van der Waals surface area contributed by atoms with Crippen molar-refractivity contribution in [3.8, 4) is 0 Å². The van der Waals surface area contributed by atoms with Crippen LogP contribution in [0.25, 0.3) is 0 Å². The molecule has 0 aliphatic heterocycles. The first-order valence-corrected chi connectivity index (χ1v) is 11.4. The van der Waals surface area contributed by atoms with E-state index in [1.807, 2.05) is 32.4 Å². The van der Waals surface area contributed by atoms with Gasteiger partial charge in [-0.1, -0.05) is 39.3 Å². The number of benzene rings is 1. The van der Waals surface area contributed by atoms with Gasteiger partial charge in [-0.2, -0.15) is 8.42 Å². The molecule has 31 heavy (non-hydrogen) atoms. The Labute approximate surface area is 187 Å². The Bertz CT molecular complexity index is 1070. The highest BCUT2D eigenvalue weighted by Crippen LogP contribution is 2.35. The second-order valence-corrected chi connectivity index (χ2v) is 9.84. The van der Waals surface area contributed by atoms with Gasteiger partial charge in [0.15, 0.2) is 5.03 Å². The van der Waals surface area contributed by atoms with Crippen LogP contribution in [0.15, 0.2) is 29.6 Å². The van der Waals surface area contributed by atoms with Crippen LogP contribution in [0.2, 0.25) is 5.02 Å².